The third kappa shape index (κ3) is 3.59. The maximum atomic E-state index is 12.8. The Kier molecular flexibility index (Phi) is 4.35. The zero-order valence-corrected chi connectivity index (χ0v) is 13.3. The molecular weight excluding hydrogens is 321 g/mol. The summed E-state index contributed by atoms with van der Waals surface area (Å²) < 4.78 is 43.5. The molecule has 1 saturated heterocycles. The molecule has 0 amide bonds. The Bertz CT molecular complexity index is 715. The van der Waals surface area contributed by atoms with Gasteiger partial charge in [0.05, 0.1) is 12.1 Å². The molecule has 130 valence electrons. The second kappa shape index (κ2) is 6.18. The summed E-state index contributed by atoms with van der Waals surface area (Å²) in [7, 11) is 0. The second-order valence-corrected chi connectivity index (χ2v) is 6.57. The molecule has 8 heteroatoms. The number of nitrogens with two attached hydrogens (primary N) is 1. The van der Waals surface area contributed by atoms with E-state index in [9.17, 15) is 13.2 Å². The first-order valence-electron chi connectivity index (χ1n) is 7.72. The van der Waals surface area contributed by atoms with Crippen molar-refractivity contribution >= 4 is 0 Å². The fourth-order valence-corrected chi connectivity index (χ4v) is 2.89. The summed E-state index contributed by atoms with van der Waals surface area (Å²) in [5, 5.41) is 3.80. The van der Waals surface area contributed by atoms with Crippen molar-refractivity contribution in [1.29, 1.82) is 0 Å². The molecule has 1 fully saturated rings. The number of hydrogen-bond donors (Lipinski definition) is 1. The highest BCUT2D eigenvalue weighted by atomic mass is 19.4. The minimum Gasteiger partial charge on any atom is -0.338 e. The van der Waals surface area contributed by atoms with Gasteiger partial charge in [-0.05, 0) is 37.1 Å². The van der Waals surface area contributed by atoms with Gasteiger partial charge in [-0.15, -0.1) is 0 Å². The molecule has 1 atom stereocenters. The number of likely N-dealkylation sites (tertiary alicyclic amines) is 1. The first-order chi connectivity index (χ1) is 11.3. The monoisotopic (exact) mass is 340 g/mol. The minimum absolute atomic E-state index is 0.0872. The van der Waals surface area contributed by atoms with Crippen LogP contribution in [0.2, 0.25) is 0 Å². The van der Waals surface area contributed by atoms with Crippen LogP contribution >= 0.6 is 0 Å². The van der Waals surface area contributed by atoms with Gasteiger partial charge < -0.3 is 10.3 Å². The number of alkyl halides is 3. The lowest BCUT2D eigenvalue weighted by molar-refractivity contribution is -0.137. The molecule has 2 heterocycles. The third-order valence-electron chi connectivity index (χ3n) is 4.40. The molecule has 0 aliphatic carbocycles. The van der Waals surface area contributed by atoms with Crippen LogP contribution in [0.5, 0.6) is 0 Å². The van der Waals surface area contributed by atoms with Gasteiger partial charge in [0, 0.05) is 12.1 Å². The highest BCUT2D eigenvalue weighted by Gasteiger charge is 2.33. The Hall–Kier alpha value is -1.93. The maximum Gasteiger partial charge on any atom is 0.416 e. The summed E-state index contributed by atoms with van der Waals surface area (Å²) in [5.41, 5.74) is 5.42. The van der Waals surface area contributed by atoms with Gasteiger partial charge in [-0.3, -0.25) is 4.90 Å². The maximum absolute atomic E-state index is 12.8. The lowest BCUT2D eigenvalue weighted by Crippen LogP contribution is -2.31. The van der Waals surface area contributed by atoms with Crippen LogP contribution in [0.3, 0.4) is 0 Å². The molecule has 1 aromatic carbocycles. The number of rotatable bonds is 4. The fourth-order valence-electron chi connectivity index (χ4n) is 2.89. The largest absolute Gasteiger partial charge is 0.416 e. The molecule has 2 aromatic rings. The van der Waals surface area contributed by atoms with E-state index in [2.05, 4.69) is 22.0 Å². The number of halogens is 3. The SMILES string of the molecule is CC1(CN)CCN(Cc2nc(-c3cccc(C(F)(F)F)c3)no2)C1. The van der Waals surface area contributed by atoms with Crippen LogP contribution in [0, 0.1) is 5.41 Å². The summed E-state index contributed by atoms with van der Waals surface area (Å²) in [6.07, 6.45) is -3.40. The van der Waals surface area contributed by atoms with Gasteiger partial charge in [0.2, 0.25) is 11.7 Å². The zero-order chi connectivity index (χ0) is 17.4. The van der Waals surface area contributed by atoms with Crippen LogP contribution in [-0.4, -0.2) is 34.7 Å². The van der Waals surface area contributed by atoms with Crippen LogP contribution in [0.15, 0.2) is 28.8 Å². The zero-order valence-electron chi connectivity index (χ0n) is 13.3. The first-order valence-corrected chi connectivity index (χ1v) is 7.72. The van der Waals surface area contributed by atoms with Crippen molar-refractivity contribution in [2.75, 3.05) is 19.6 Å². The molecule has 1 aliphatic rings. The standard InChI is InChI=1S/C16H19F3N4O/c1-15(9-20)5-6-23(10-15)8-13-21-14(22-24-13)11-3-2-4-12(7-11)16(17,18)19/h2-4,7H,5-6,8-10,20H2,1H3. The van der Waals surface area contributed by atoms with Crippen LogP contribution < -0.4 is 5.73 Å². The highest BCUT2D eigenvalue weighted by molar-refractivity contribution is 5.55. The second-order valence-electron chi connectivity index (χ2n) is 6.57. The van der Waals surface area contributed by atoms with E-state index in [4.69, 9.17) is 10.3 Å². The average molecular weight is 340 g/mol. The van der Waals surface area contributed by atoms with E-state index in [1.165, 1.54) is 12.1 Å². The van der Waals surface area contributed by atoms with E-state index in [-0.39, 0.29) is 16.8 Å². The average Bonchev–Trinajstić information content (AvgIpc) is 3.15. The van der Waals surface area contributed by atoms with E-state index in [0.29, 0.717) is 19.0 Å². The Balaban J connectivity index is 1.72. The number of benzene rings is 1. The quantitative estimate of drug-likeness (QED) is 0.927. The molecule has 0 saturated carbocycles. The van der Waals surface area contributed by atoms with E-state index in [1.807, 2.05) is 0 Å². The summed E-state index contributed by atoms with van der Waals surface area (Å²) in [4.78, 5) is 6.39. The number of hydrogen-bond acceptors (Lipinski definition) is 5. The third-order valence-corrected chi connectivity index (χ3v) is 4.40. The van der Waals surface area contributed by atoms with Gasteiger partial charge in [0.1, 0.15) is 0 Å². The summed E-state index contributed by atoms with van der Waals surface area (Å²) >= 11 is 0. The predicted octanol–water partition coefficient (Wildman–Crippen LogP) is 2.93. The Morgan fingerprint density at radius 2 is 2.17 bits per heavy atom. The smallest absolute Gasteiger partial charge is 0.338 e. The summed E-state index contributed by atoms with van der Waals surface area (Å²) in [6.45, 7) is 4.94. The number of aromatic nitrogens is 2. The van der Waals surface area contributed by atoms with Crippen molar-refractivity contribution in [1.82, 2.24) is 15.0 Å². The van der Waals surface area contributed by atoms with Crippen LogP contribution in [0.1, 0.15) is 24.8 Å². The fraction of sp³-hybridized carbons (Fsp3) is 0.500. The van der Waals surface area contributed by atoms with Crippen molar-refractivity contribution < 1.29 is 17.7 Å². The lowest BCUT2D eigenvalue weighted by Gasteiger charge is -2.21. The van der Waals surface area contributed by atoms with Crippen molar-refractivity contribution in [2.24, 2.45) is 11.1 Å². The van der Waals surface area contributed by atoms with Gasteiger partial charge in [-0.2, -0.15) is 18.2 Å². The number of nitrogens with zero attached hydrogens (tertiary/aromatic N) is 3. The van der Waals surface area contributed by atoms with Crippen molar-refractivity contribution in [3.8, 4) is 11.4 Å². The van der Waals surface area contributed by atoms with Gasteiger partial charge in [-0.25, -0.2) is 0 Å². The predicted molar refractivity (Wildman–Crippen MR) is 81.8 cm³/mol. The Labute approximate surface area is 137 Å². The molecule has 0 radical (unpaired) electrons. The van der Waals surface area contributed by atoms with Crippen molar-refractivity contribution in [3.05, 3.63) is 35.7 Å². The normalized spacial score (nSPS) is 22.2. The minimum atomic E-state index is -4.40. The molecule has 5 nitrogen and oxygen atoms in total. The van der Waals surface area contributed by atoms with E-state index in [0.717, 1.165) is 31.6 Å². The van der Waals surface area contributed by atoms with Gasteiger partial charge in [0.25, 0.3) is 0 Å². The lowest BCUT2D eigenvalue weighted by atomic mass is 9.90. The van der Waals surface area contributed by atoms with E-state index in [1.54, 1.807) is 0 Å². The van der Waals surface area contributed by atoms with Crippen LogP contribution in [-0.2, 0) is 12.7 Å². The van der Waals surface area contributed by atoms with Gasteiger partial charge >= 0.3 is 6.18 Å². The Morgan fingerprint density at radius 3 is 2.83 bits per heavy atom. The molecule has 1 aromatic heterocycles. The molecule has 3 rings (SSSR count). The summed E-state index contributed by atoms with van der Waals surface area (Å²) in [5.74, 6) is 0.556. The molecular formula is C16H19F3N4O. The molecule has 1 unspecified atom stereocenters. The van der Waals surface area contributed by atoms with Crippen LogP contribution in [0.4, 0.5) is 13.2 Å². The van der Waals surface area contributed by atoms with Crippen LogP contribution in [0.25, 0.3) is 11.4 Å². The van der Waals surface area contributed by atoms with Gasteiger partial charge in [0.15, 0.2) is 0 Å². The highest BCUT2D eigenvalue weighted by Crippen LogP contribution is 2.32. The molecule has 0 bridgehead atoms. The van der Waals surface area contributed by atoms with Gasteiger partial charge in [-0.1, -0.05) is 24.2 Å². The first kappa shape index (κ1) is 16.9. The molecule has 0 spiro atoms. The molecule has 1 aliphatic heterocycles. The topological polar surface area (TPSA) is 68.2 Å². The van der Waals surface area contributed by atoms with E-state index < -0.39 is 11.7 Å². The summed E-state index contributed by atoms with van der Waals surface area (Å²) in [6, 6.07) is 4.91. The molecule has 2 N–H and O–H groups in total. The molecule has 24 heavy (non-hydrogen) atoms. The van der Waals surface area contributed by atoms with Crippen molar-refractivity contribution in [2.45, 2.75) is 26.1 Å². The Morgan fingerprint density at radius 1 is 1.38 bits per heavy atom. The van der Waals surface area contributed by atoms with E-state index >= 15 is 0 Å². The van der Waals surface area contributed by atoms with Crippen molar-refractivity contribution in [3.63, 3.8) is 0 Å².